The number of aromatic nitrogens is 1. The van der Waals surface area contributed by atoms with Crippen LogP contribution >= 0.6 is 0 Å². The molecule has 0 saturated heterocycles. The molecule has 0 aliphatic heterocycles. The van der Waals surface area contributed by atoms with E-state index in [1.54, 1.807) is 6.92 Å². The summed E-state index contributed by atoms with van der Waals surface area (Å²) in [6.07, 6.45) is 0.406. The fourth-order valence-electron chi connectivity index (χ4n) is 1.06. The van der Waals surface area contributed by atoms with Crippen molar-refractivity contribution in [2.75, 3.05) is 0 Å². The predicted molar refractivity (Wildman–Crippen MR) is 43.2 cm³/mol. The number of halogens is 1. The van der Waals surface area contributed by atoms with Gasteiger partial charge in [-0.3, -0.25) is 4.98 Å². The lowest BCUT2D eigenvalue weighted by Gasteiger charge is -2.05. The van der Waals surface area contributed by atoms with Gasteiger partial charge < -0.3 is 0 Å². The van der Waals surface area contributed by atoms with Crippen molar-refractivity contribution in [1.29, 1.82) is 5.26 Å². The smallest absolute Gasteiger partial charge is 0.124 e. The first-order chi connectivity index (χ1) is 5.66. The molecule has 0 N–H and O–H groups in total. The van der Waals surface area contributed by atoms with Gasteiger partial charge in [-0.05, 0) is 19.9 Å². The van der Waals surface area contributed by atoms with Crippen molar-refractivity contribution in [3.05, 3.63) is 29.1 Å². The molecule has 3 heteroatoms. The van der Waals surface area contributed by atoms with Crippen LogP contribution in [0.3, 0.4) is 0 Å². The van der Waals surface area contributed by atoms with Crippen molar-refractivity contribution >= 4 is 0 Å². The molecule has 1 heterocycles. The normalized spacial score (nSPS) is 12.2. The van der Waals surface area contributed by atoms with E-state index in [4.69, 9.17) is 5.26 Å². The predicted octanol–water partition coefficient (Wildman–Crippen LogP) is 2.29. The molecule has 1 atom stereocenters. The van der Waals surface area contributed by atoms with E-state index in [-0.39, 0.29) is 0 Å². The Balaban J connectivity index is 3.30. The molecule has 0 saturated carbocycles. The van der Waals surface area contributed by atoms with Crippen LogP contribution in [0.15, 0.2) is 12.3 Å². The van der Waals surface area contributed by atoms with E-state index in [2.05, 4.69) is 4.98 Å². The van der Waals surface area contributed by atoms with E-state index in [9.17, 15) is 4.39 Å². The van der Waals surface area contributed by atoms with Crippen LogP contribution in [0.2, 0.25) is 0 Å². The van der Waals surface area contributed by atoms with Crippen LogP contribution in [-0.4, -0.2) is 4.98 Å². The monoisotopic (exact) mass is 164 g/mol. The van der Waals surface area contributed by atoms with Crippen LogP contribution in [0.1, 0.15) is 29.9 Å². The van der Waals surface area contributed by atoms with Crippen molar-refractivity contribution in [2.24, 2.45) is 0 Å². The Labute approximate surface area is 70.7 Å². The molecule has 0 fully saturated rings. The van der Waals surface area contributed by atoms with Gasteiger partial charge in [0.2, 0.25) is 0 Å². The van der Waals surface area contributed by atoms with Crippen LogP contribution < -0.4 is 0 Å². The maximum atomic E-state index is 12.9. The summed E-state index contributed by atoms with van der Waals surface area (Å²) in [5.41, 5.74) is 1.36. The number of hydrogen-bond acceptors (Lipinski definition) is 2. The summed E-state index contributed by atoms with van der Waals surface area (Å²) in [7, 11) is 0. The Morgan fingerprint density at radius 2 is 2.33 bits per heavy atom. The Morgan fingerprint density at radius 3 is 2.75 bits per heavy atom. The number of pyridine rings is 1. The first-order valence-corrected chi connectivity index (χ1v) is 3.66. The zero-order valence-corrected chi connectivity index (χ0v) is 7.00. The molecule has 1 rings (SSSR count). The second-order valence-corrected chi connectivity index (χ2v) is 2.59. The number of rotatable bonds is 1. The van der Waals surface area contributed by atoms with Gasteiger partial charge in [-0.15, -0.1) is 0 Å². The number of nitrogens with zero attached hydrogens (tertiary/aromatic N) is 2. The van der Waals surface area contributed by atoms with Crippen molar-refractivity contribution in [2.45, 2.75) is 20.0 Å². The molecule has 0 aliphatic carbocycles. The highest BCUT2D eigenvalue weighted by molar-refractivity contribution is 5.40. The minimum absolute atomic E-state index is 0.354. The van der Waals surface area contributed by atoms with Crippen molar-refractivity contribution in [3.63, 3.8) is 0 Å². The Hall–Kier alpha value is -1.43. The first kappa shape index (κ1) is 8.66. The summed E-state index contributed by atoms with van der Waals surface area (Å²) in [4.78, 5) is 3.90. The van der Waals surface area contributed by atoms with E-state index >= 15 is 0 Å². The Bertz CT molecular complexity index is 326. The standard InChI is InChI=1S/C9H9FN2/c1-6(10)8-3-4-12-7(2)9(8)5-11/h3-4,6H,1-2H3. The number of nitriles is 1. The van der Waals surface area contributed by atoms with Gasteiger partial charge in [0.1, 0.15) is 12.2 Å². The molecule has 1 aromatic rings. The van der Waals surface area contributed by atoms with Crippen LogP contribution in [0.5, 0.6) is 0 Å². The molecule has 62 valence electrons. The third-order valence-electron chi connectivity index (χ3n) is 1.71. The lowest BCUT2D eigenvalue weighted by Crippen LogP contribution is -1.96. The average Bonchev–Trinajstić information content (AvgIpc) is 2.03. The zero-order valence-electron chi connectivity index (χ0n) is 7.00. The molecular weight excluding hydrogens is 155 g/mol. The maximum Gasteiger partial charge on any atom is 0.124 e. The average molecular weight is 164 g/mol. The van der Waals surface area contributed by atoms with Gasteiger partial charge in [0.15, 0.2) is 0 Å². The minimum atomic E-state index is -1.11. The lowest BCUT2D eigenvalue weighted by molar-refractivity contribution is 0.373. The van der Waals surface area contributed by atoms with Gasteiger partial charge in [-0.25, -0.2) is 4.39 Å². The van der Waals surface area contributed by atoms with Crippen molar-refractivity contribution in [3.8, 4) is 6.07 Å². The molecule has 0 bridgehead atoms. The van der Waals surface area contributed by atoms with Crippen LogP contribution in [0.4, 0.5) is 4.39 Å². The van der Waals surface area contributed by atoms with Gasteiger partial charge in [0.05, 0.1) is 11.3 Å². The molecule has 2 nitrogen and oxygen atoms in total. The van der Waals surface area contributed by atoms with E-state index in [0.717, 1.165) is 0 Å². The summed E-state index contributed by atoms with van der Waals surface area (Å²) in [5.74, 6) is 0. The van der Waals surface area contributed by atoms with Crippen LogP contribution in [0.25, 0.3) is 0 Å². The molecular formula is C9H9FN2. The highest BCUT2D eigenvalue weighted by atomic mass is 19.1. The number of alkyl halides is 1. The molecule has 0 aromatic carbocycles. The van der Waals surface area contributed by atoms with Crippen molar-refractivity contribution in [1.82, 2.24) is 4.98 Å². The fourth-order valence-corrected chi connectivity index (χ4v) is 1.06. The molecule has 0 radical (unpaired) electrons. The number of aryl methyl sites for hydroxylation is 1. The maximum absolute atomic E-state index is 12.9. The highest BCUT2D eigenvalue weighted by Gasteiger charge is 2.10. The second-order valence-electron chi connectivity index (χ2n) is 2.59. The zero-order chi connectivity index (χ0) is 9.14. The Morgan fingerprint density at radius 1 is 1.67 bits per heavy atom. The van der Waals surface area contributed by atoms with Gasteiger partial charge in [-0.2, -0.15) is 5.26 Å². The fraction of sp³-hybridized carbons (Fsp3) is 0.333. The third kappa shape index (κ3) is 1.42. The van der Waals surface area contributed by atoms with Gasteiger partial charge >= 0.3 is 0 Å². The van der Waals surface area contributed by atoms with E-state index in [1.807, 2.05) is 6.07 Å². The molecule has 12 heavy (non-hydrogen) atoms. The first-order valence-electron chi connectivity index (χ1n) is 3.66. The van der Waals surface area contributed by atoms with Gasteiger partial charge in [0.25, 0.3) is 0 Å². The second kappa shape index (κ2) is 3.31. The van der Waals surface area contributed by atoms with Crippen LogP contribution in [0, 0.1) is 18.3 Å². The highest BCUT2D eigenvalue weighted by Crippen LogP contribution is 2.21. The SMILES string of the molecule is Cc1nccc(C(C)F)c1C#N. The van der Waals surface area contributed by atoms with E-state index in [1.165, 1.54) is 19.2 Å². The summed E-state index contributed by atoms with van der Waals surface area (Å²) < 4.78 is 12.9. The molecule has 0 amide bonds. The number of hydrogen-bond donors (Lipinski definition) is 0. The summed E-state index contributed by atoms with van der Waals surface area (Å²) >= 11 is 0. The van der Waals surface area contributed by atoms with Crippen molar-refractivity contribution < 1.29 is 4.39 Å². The molecule has 0 spiro atoms. The molecule has 1 unspecified atom stereocenters. The largest absolute Gasteiger partial charge is 0.260 e. The molecule has 1 aromatic heterocycles. The summed E-state index contributed by atoms with van der Waals surface area (Å²) in [6.45, 7) is 3.11. The van der Waals surface area contributed by atoms with E-state index < -0.39 is 6.17 Å². The quantitative estimate of drug-likeness (QED) is 0.638. The van der Waals surface area contributed by atoms with Gasteiger partial charge in [-0.1, -0.05) is 0 Å². The van der Waals surface area contributed by atoms with Crippen LogP contribution in [-0.2, 0) is 0 Å². The lowest BCUT2D eigenvalue weighted by atomic mass is 10.1. The van der Waals surface area contributed by atoms with Gasteiger partial charge in [0, 0.05) is 11.8 Å². The molecule has 0 aliphatic rings. The summed E-state index contributed by atoms with van der Waals surface area (Å²) in [5, 5.41) is 8.69. The summed E-state index contributed by atoms with van der Waals surface area (Å²) in [6, 6.07) is 3.48. The third-order valence-corrected chi connectivity index (χ3v) is 1.71. The van der Waals surface area contributed by atoms with E-state index in [0.29, 0.717) is 16.8 Å². The minimum Gasteiger partial charge on any atom is -0.260 e. The topological polar surface area (TPSA) is 36.7 Å². The Kier molecular flexibility index (Phi) is 2.39.